The second-order valence-corrected chi connectivity index (χ2v) is 9.83. The smallest absolute Gasteiger partial charge is 0.0790 e. The Hall–Kier alpha value is -2.13. The van der Waals surface area contributed by atoms with E-state index in [9.17, 15) is 5.11 Å². The first-order chi connectivity index (χ1) is 16.2. The average molecular weight is 462 g/mol. The minimum absolute atomic E-state index is 0.383. The van der Waals surface area contributed by atoms with E-state index in [1.54, 1.807) is 0 Å². The number of halogens is 1. The van der Waals surface area contributed by atoms with Gasteiger partial charge >= 0.3 is 0 Å². The molecule has 1 N–H and O–H groups in total. The molecular formula is C30H36ClNO. The Balaban J connectivity index is 1.21. The summed E-state index contributed by atoms with van der Waals surface area (Å²) >= 11 is 5.94. The molecule has 1 unspecified atom stereocenters. The molecule has 0 radical (unpaired) electrons. The Labute approximate surface area is 204 Å². The second-order valence-electron chi connectivity index (χ2n) is 9.39. The summed E-state index contributed by atoms with van der Waals surface area (Å²) in [6.07, 6.45) is 6.38. The number of aliphatic hydroxyl groups excluding tert-OH is 1. The maximum atomic E-state index is 10.4. The highest BCUT2D eigenvalue weighted by Gasteiger charge is 2.28. The SMILES string of the molecule is OC(CCCCCN1CCC(C(c2ccccc2)c2ccccc2)CC1)c1ccc(Cl)cc1. The van der Waals surface area contributed by atoms with Crippen LogP contribution in [0.1, 0.15) is 67.2 Å². The fourth-order valence-corrected chi connectivity index (χ4v) is 5.39. The van der Waals surface area contributed by atoms with Gasteiger partial charge in [-0.1, -0.05) is 97.2 Å². The number of piperidine rings is 1. The largest absolute Gasteiger partial charge is 0.388 e. The van der Waals surface area contributed by atoms with Crippen LogP contribution in [0.3, 0.4) is 0 Å². The van der Waals surface area contributed by atoms with Gasteiger partial charge in [-0.25, -0.2) is 0 Å². The lowest BCUT2D eigenvalue weighted by atomic mass is 9.76. The molecule has 3 heteroatoms. The van der Waals surface area contributed by atoms with E-state index in [1.165, 1.54) is 56.4 Å². The van der Waals surface area contributed by atoms with E-state index >= 15 is 0 Å². The van der Waals surface area contributed by atoms with Crippen LogP contribution in [0.15, 0.2) is 84.9 Å². The molecule has 0 aromatic heterocycles. The fourth-order valence-electron chi connectivity index (χ4n) is 5.27. The van der Waals surface area contributed by atoms with E-state index in [0.717, 1.165) is 18.4 Å². The molecule has 3 aromatic carbocycles. The number of benzene rings is 3. The summed E-state index contributed by atoms with van der Waals surface area (Å²) in [5.74, 6) is 1.18. The van der Waals surface area contributed by atoms with E-state index in [4.69, 9.17) is 11.6 Å². The standard InChI is InChI=1S/C30H36ClNO/c31-28-17-15-24(16-18-28)29(33)14-8-3-9-21-32-22-19-27(20-23-32)30(25-10-4-1-5-11-25)26-12-6-2-7-13-26/h1-2,4-7,10-13,15-18,27,29-30,33H,3,8-9,14,19-23H2. The predicted octanol–water partition coefficient (Wildman–Crippen LogP) is 7.48. The summed E-state index contributed by atoms with van der Waals surface area (Å²) in [6, 6.07) is 29.6. The molecule has 0 bridgehead atoms. The molecule has 1 atom stereocenters. The Bertz CT molecular complexity index is 897. The average Bonchev–Trinajstić information content (AvgIpc) is 2.86. The van der Waals surface area contributed by atoms with Gasteiger partial charge in [-0.15, -0.1) is 0 Å². The van der Waals surface area contributed by atoms with Crippen molar-refractivity contribution in [3.8, 4) is 0 Å². The van der Waals surface area contributed by atoms with Crippen molar-refractivity contribution in [1.29, 1.82) is 0 Å². The molecule has 0 spiro atoms. The first-order valence-electron chi connectivity index (χ1n) is 12.5. The molecule has 2 nitrogen and oxygen atoms in total. The number of hydrogen-bond acceptors (Lipinski definition) is 2. The van der Waals surface area contributed by atoms with Crippen LogP contribution in [0.4, 0.5) is 0 Å². The molecule has 1 heterocycles. The first kappa shape index (κ1) is 24.0. The Morgan fingerprint density at radius 2 is 1.30 bits per heavy atom. The summed E-state index contributed by atoms with van der Waals surface area (Å²) in [4.78, 5) is 2.64. The van der Waals surface area contributed by atoms with Crippen LogP contribution in [0.5, 0.6) is 0 Å². The Kier molecular flexibility index (Phi) is 9.00. The summed E-state index contributed by atoms with van der Waals surface area (Å²) < 4.78 is 0. The van der Waals surface area contributed by atoms with Gasteiger partial charge in [0.25, 0.3) is 0 Å². The Morgan fingerprint density at radius 1 is 0.727 bits per heavy atom. The van der Waals surface area contributed by atoms with Crippen LogP contribution in [0.25, 0.3) is 0 Å². The van der Waals surface area contributed by atoms with Crippen LogP contribution >= 0.6 is 11.6 Å². The summed E-state index contributed by atoms with van der Waals surface area (Å²) in [5, 5.41) is 11.1. The zero-order chi connectivity index (χ0) is 22.9. The molecular weight excluding hydrogens is 426 g/mol. The second kappa shape index (κ2) is 12.4. The van der Waals surface area contributed by atoms with Gasteiger partial charge in [0.15, 0.2) is 0 Å². The van der Waals surface area contributed by atoms with Gasteiger partial charge in [0, 0.05) is 10.9 Å². The van der Waals surface area contributed by atoms with E-state index in [0.29, 0.717) is 16.9 Å². The molecule has 0 aliphatic carbocycles. The third-order valence-corrected chi connectivity index (χ3v) is 7.38. The van der Waals surface area contributed by atoms with E-state index in [-0.39, 0.29) is 6.10 Å². The molecule has 33 heavy (non-hydrogen) atoms. The van der Waals surface area contributed by atoms with Crippen molar-refractivity contribution in [3.05, 3.63) is 107 Å². The lowest BCUT2D eigenvalue weighted by Gasteiger charge is -2.36. The molecule has 4 rings (SSSR count). The van der Waals surface area contributed by atoms with Crippen LogP contribution < -0.4 is 0 Å². The molecule has 174 valence electrons. The molecule has 1 fully saturated rings. The lowest BCUT2D eigenvalue weighted by Crippen LogP contribution is -2.36. The van der Waals surface area contributed by atoms with Crippen LogP contribution in [-0.2, 0) is 0 Å². The summed E-state index contributed by atoms with van der Waals surface area (Å²) in [5.41, 5.74) is 3.86. The predicted molar refractivity (Wildman–Crippen MR) is 139 cm³/mol. The molecule has 1 saturated heterocycles. The van der Waals surface area contributed by atoms with E-state index in [2.05, 4.69) is 65.6 Å². The van der Waals surface area contributed by atoms with Gasteiger partial charge in [0.1, 0.15) is 0 Å². The van der Waals surface area contributed by atoms with Crippen molar-refractivity contribution >= 4 is 11.6 Å². The van der Waals surface area contributed by atoms with Gasteiger partial charge < -0.3 is 10.0 Å². The van der Waals surface area contributed by atoms with Crippen molar-refractivity contribution in [1.82, 2.24) is 4.90 Å². The van der Waals surface area contributed by atoms with Crippen molar-refractivity contribution in [3.63, 3.8) is 0 Å². The molecule has 3 aromatic rings. The van der Waals surface area contributed by atoms with Crippen molar-refractivity contribution in [2.24, 2.45) is 5.92 Å². The number of unbranched alkanes of at least 4 members (excludes halogenated alkanes) is 2. The van der Waals surface area contributed by atoms with Crippen molar-refractivity contribution in [2.75, 3.05) is 19.6 Å². The third-order valence-electron chi connectivity index (χ3n) is 7.13. The zero-order valence-corrected chi connectivity index (χ0v) is 20.2. The number of nitrogens with zero attached hydrogens (tertiary/aromatic N) is 1. The van der Waals surface area contributed by atoms with Gasteiger partial charge in [0.2, 0.25) is 0 Å². The van der Waals surface area contributed by atoms with Crippen molar-refractivity contribution < 1.29 is 5.11 Å². The normalized spacial score (nSPS) is 16.2. The first-order valence-corrected chi connectivity index (χ1v) is 12.8. The number of likely N-dealkylation sites (tertiary alicyclic amines) is 1. The van der Waals surface area contributed by atoms with Gasteiger partial charge in [-0.2, -0.15) is 0 Å². The van der Waals surface area contributed by atoms with Crippen molar-refractivity contribution in [2.45, 2.75) is 50.5 Å². The van der Waals surface area contributed by atoms with E-state index in [1.807, 2.05) is 24.3 Å². The fraction of sp³-hybridized carbons (Fsp3) is 0.400. The highest BCUT2D eigenvalue weighted by molar-refractivity contribution is 6.30. The topological polar surface area (TPSA) is 23.5 Å². The van der Waals surface area contributed by atoms with Gasteiger partial charge in [0.05, 0.1) is 6.10 Å². The summed E-state index contributed by atoms with van der Waals surface area (Å²) in [7, 11) is 0. The number of rotatable bonds is 10. The third kappa shape index (κ3) is 6.93. The molecule has 0 amide bonds. The minimum Gasteiger partial charge on any atom is -0.388 e. The van der Waals surface area contributed by atoms with E-state index < -0.39 is 0 Å². The molecule has 0 saturated carbocycles. The van der Waals surface area contributed by atoms with Gasteiger partial charge in [-0.3, -0.25) is 0 Å². The quantitative estimate of drug-likeness (QED) is 0.316. The monoisotopic (exact) mass is 461 g/mol. The maximum absolute atomic E-state index is 10.4. The van der Waals surface area contributed by atoms with Crippen LogP contribution in [-0.4, -0.2) is 29.6 Å². The highest BCUT2D eigenvalue weighted by atomic mass is 35.5. The van der Waals surface area contributed by atoms with Gasteiger partial charge in [-0.05, 0) is 80.1 Å². The lowest BCUT2D eigenvalue weighted by molar-refractivity contribution is 0.157. The maximum Gasteiger partial charge on any atom is 0.0790 e. The van der Waals surface area contributed by atoms with Crippen LogP contribution in [0, 0.1) is 5.92 Å². The Morgan fingerprint density at radius 3 is 1.88 bits per heavy atom. The highest BCUT2D eigenvalue weighted by Crippen LogP contribution is 2.38. The zero-order valence-electron chi connectivity index (χ0n) is 19.5. The summed E-state index contributed by atoms with van der Waals surface area (Å²) in [6.45, 7) is 3.55. The molecule has 1 aliphatic rings. The minimum atomic E-state index is -0.383. The number of aliphatic hydroxyl groups is 1. The van der Waals surface area contributed by atoms with Crippen LogP contribution in [0.2, 0.25) is 5.02 Å². The molecule has 1 aliphatic heterocycles. The number of hydrogen-bond donors (Lipinski definition) is 1.